The highest BCUT2D eigenvalue weighted by Crippen LogP contribution is 1.94. The lowest BCUT2D eigenvalue weighted by molar-refractivity contribution is -0.110. The van der Waals surface area contributed by atoms with Crippen molar-refractivity contribution in [1.29, 1.82) is 0 Å². The van der Waals surface area contributed by atoms with Crippen LogP contribution in [0.2, 0.25) is 0 Å². The van der Waals surface area contributed by atoms with Crippen LogP contribution in [-0.2, 0) is 4.79 Å². The molecule has 2 heteroatoms. The molecule has 0 aromatic carbocycles. The maximum atomic E-state index is 9.71. The molecule has 12 heavy (non-hydrogen) atoms. The molecule has 0 aliphatic rings. The summed E-state index contributed by atoms with van der Waals surface area (Å²) < 4.78 is 0. The van der Waals surface area contributed by atoms with Crippen molar-refractivity contribution in [1.82, 2.24) is 5.32 Å². The fraction of sp³-hybridized carbons (Fsp3) is 0.900. The molecule has 2 nitrogen and oxygen atoms in total. The summed E-state index contributed by atoms with van der Waals surface area (Å²) in [6.45, 7) is 14.0. The monoisotopic (exact) mass is 175 g/mol. The summed E-state index contributed by atoms with van der Waals surface area (Å²) in [5.41, 5.74) is -0.0677. The standard InChI is InChI=1S/C5H11NO.C3H8.C2H6/c1-5(2,3)6-4-7;1-3-2;1-2/h4H,1-3H3,(H,6,7);3H2,1-2H3;1-2H3. The Kier molecular flexibility index (Phi) is 19.1. The van der Waals surface area contributed by atoms with Crippen LogP contribution in [0.25, 0.3) is 0 Å². The van der Waals surface area contributed by atoms with Crippen LogP contribution >= 0.6 is 0 Å². The molecular formula is C10H25NO. The van der Waals surface area contributed by atoms with Crippen LogP contribution in [0.3, 0.4) is 0 Å². The fourth-order valence-corrected chi connectivity index (χ4v) is 0.177. The average Bonchev–Trinajstić information content (AvgIpc) is 1.91. The predicted molar refractivity (Wildman–Crippen MR) is 56.3 cm³/mol. The number of amides is 1. The van der Waals surface area contributed by atoms with Gasteiger partial charge in [-0.3, -0.25) is 4.79 Å². The molecule has 0 unspecified atom stereocenters. The van der Waals surface area contributed by atoms with Gasteiger partial charge in [0.1, 0.15) is 0 Å². The number of nitrogens with one attached hydrogen (secondary N) is 1. The fourth-order valence-electron chi connectivity index (χ4n) is 0.177. The van der Waals surface area contributed by atoms with Crippen LogP contribution in [-0.4, -0.2) is 11.9 Å². The molecular weight excluding hydrogens is 150 g/mol. The molecule has 0 aromatic heterocycles. The maximum Gasteiger partial charge on any atom is 0.207 e. The molecule has 0 atom stereocenters. The van der Waals surface area contributed by atoms with Crippen LogP contribution < -0.4 is 5.32 Å². The predicted octanol–water partition coefficient (Wildman–Crippen LogP) is 2.97. The molecule has 76 valence electrons. The van der Waals surface area contributed by atoms with Gasteiger partial charge in [0.05, 0.1) is 0 Å². The number of carbonyl (C=O) groups excluding carboxylic acids is 1. The van der Waals surface area contributed by atoms with E-state index in [9.17, 15) is 4.79 Å². The van der Waals surface area contributed by atoms with E-state index < -0.39 is 0 Å². The summed E-state index contributed by atoms with van der Waals surface area (Å²) in [6.07, 6.45) is 1.96. The largest absolute Gasteiger partial charge is 0.354 e. The van der Waals surface area contributed by atoms with E-state index in [0.717, 1.165) is 0 Å². The second-order valence-corrected chi connectivity index (χ2v) is 3.22. The van der Waals surface area contributed by atoms with Gasteiger partial charge in [0, 0.05) is 5.54 Å². The van der Waals surface area contributed by atoms with Crippen LogP contribution in [0, 0.1) is 0 Å². The van der Waals surface area contributed by atoms with E-state index in [1.165, 1.54) is 6.42 Å². The first kappa shape index (κ1) is 17.5. The Bertz CT molecular complexity index is 74.4. The molecule has 0 spiro atoms. The Morgan fingerprint density at radius 2 is 1.42 bits per heavy atom. The first-order valence-corrected chi connectivity index (χ1v) is 4.69. The van der Waals surface area contributed by atoms with Crippen molar-refractivity contribution in [2.75, 3.05) is 0 Å². The Morgan fingerprint density at radius 1 is 1.17 bits per heavy atom. The molecule has 0 aliphatic carbocycles. The molecule has 0 heterocycles. The van der Waals surface area contributed by atoms with E-state index in [1.807, 2.05) is 34.6 Å². The third-order valence-corrected chi connectivity index (χ3v) is 0.492. The van der Waals surface area contributed by atoms with Crippen LogP contribution in [0.15, 0.2) is 0 Å². The van der Waals surface area contributed by atoms with E-state index in [2.05, 4.69) is 19.2 Å². The zero-order chi connectivity index (χ0) is 10.6. The number of hydrogen-bond acceptors (Lipinski definition) is 1. The van der Waals surface area contributed by atoms with E-state index in [4.69, 9.17) is 0 Å². The van der Waals surface area contributed by atoms with E-state index in [0.29, 0.717) is 6.41 Å². The minimum atomic E-state index is -0.0677. The quantitative estimate of drug-likeness (QED) is 0.610. The minimum Gasteiger partial charge on any atom is -0.354 e. The van der Waals surface area contributed by atoms with Gasteiger partial charge in [-0.05, 0) is 20.8 Å². The highest BCUT2D eigenvalue weighted by molar-refractivity contribution is 5.47. The van der Waals surface area contributed by atoms with Crippen molar-refractivity contribution >= 4 is 6.41 Å². The Morgan fingerprint density at radius 3 is 1.42 bits per heavy atom. The molecule has 0 aromatic rings. The van der Waals surface area contributed by atoms with E-state index >= 15 is 0 Å². The van der Waals surface area contributed by atoms with E-state index in [1.54, 1.807) is 0 Å². The van der Waals surface area contributed by atoms with Crippen molar-refractivity contribution < 1.29 is 4.79 Å². The SMILES string of the molecule is CC.CC(C)(C)NC=O.CCC. The van der Waals surface area contributed by atoms with Crippen molar-refractivity contribution in [2.45, 2.75) is 60.4 Å². The molecule has 0 aliphatic heterocycles. The van der Waals surface area contributed by atoms with Crippen LogP contribution in [0.4, 0.5) is 0 Å². The molecule has 0 saturated carbocycles. The van der Waals surface area contributed by atoms with Gasteiger partial charge in [0.2, 0.25) is 6.41 Å². The lowest BCUT2D eigenvalue weighted by Gasteiger charge is -2.15. The van der Waals surface area contributed by atoms with Gasteiger partial charge in [-0.15, -0.1) is 0 Å². The van der Waals surface area contributed by atoms with Gasteiger partial charge in [0.15, 0.2) is 0 Å². The molecule has 0 rings (SSSR count). The number of hydrogen-bond donors (Lipinski definition) is 1. The molecule has 0 bridgehead atoms. The summed E-state index contributed by atoms with van der Waals surface area (Å²) in [5.74, 6) is 0. The molecule has 1 N–H and O–H groups in total. The van der Waals surface area contributed by atoms with Gasteiger partial charge in [-0.2, -0.15) is 0 Å². The van der Waals surface area contributed by atoms with Gasteiger partial charge in [-0.1, -0.05) is 34.1 Å². The van der Waals surface area contributed by atoms with Gasteiger partial charge in [-0.25, -0.2) is 0 Å². The highest BCUT2D eigenvalue weighted by atomic mass is 16.1. The molecule has 0 fully saturated rings. The number of rotatable bonds is 1. The summed E-state index contributed by atoms with van der Waals surface area (Å²) >= 11 is 0. The Balaban J connectivity index is -0.000000137. The lowest BCUT2D eigenvalue weighted by Crippen LogP contribution is -2.34. The molecule has 1 amide bonds. The summed E-state index contributed by atoms with van der Waals surface area (Å²) in [7, 11) is 0. The molecule has 0 radical (unpaired) electrons. The van der Waals surface area contributed by atoms with Gasteiger partial charge in [0.25, 0.3) is 0 Å². The van der Waals surface area contributed by atoms with Crippen molar-refractivity contribution in [3.05, 3.63) is 0 Å². The maximum absolute atomic E-state index is 9.71. The second kappa shape index (κ2) is 13.1. The second-order valence-electron chi connectivity index (χ2n) is 3.22. The first-order chi connectivity index (χ1) is 5.47. The normalized spacial score (nSPS) is 8.25. The van der Waals surface area contributed by atoms with E-state index in [-0.39, 0.29) is 5.54 Å². The summed E-state index contributed by atoms with van der Waals surface area (Å²) in [5, 5.41) is 2.60. The van der Waals surface area contributed by atoms with Crippen LogP contribution in [0.5, 0.6) is 0 Å². The zero-order valence-corrected chi connectivity index (χ0v) is 9.69. The topological polar surface area (TPSA) is 29.1 Å². The smallest absolute Gasteiger partial charge is 0.207 e. The summed E-state index contributed by atoms with van der Waals surface area (Å²) in [6, 6.07) is 0. The summed E-state index contributed by atoms with van der Waals surface area (Å²) in [4.78, 5) is 9.71. The Hall–Kier alpha value is -0.530. The zero-order valence-electron chi connectivity index (χ0n) is 9.69. The van der Waals surface area contributed by atoms with Crippen molar-refractivity contribution in [2.24, 2.45) is 0 Å². The Labute approximate surface area is 77.7 Å². The van der Waals surface area contributed by atoms with Crippen molar-refractivity contribution in [3.63, 3.8) is 0 Å². The lowest BCUT2D eigenvalue weighted by atomic mass is 10.1. The third kappa shape index (κ3) is 56.4. The molecule has 0 saturated heterocycles. The van der Waals surface area contributed by atoms with Gasteiger partial charge < -0.3 is 5.32 Å². The van der Waals surface area contributed by atoms with Crippen LogP contribution in [0.1, 0.15) is 54.9 Å². The minimum absolute atomic E-state index is 0.0677. The first-order valence-electron chi connectivity index (χ1n) is 4.69. The van der Waals surface area contributed by atoms with Gasteiger partial charge >= 0.3 is 0 Å². The average molecular weight is 175 g/mol. The third-order valence-electron chi connectivity index (χ3n) is 0.492. The number of carbonyl (C=O) groups is 1. The van der Waals surface area contributed by atoms with Crippen molar-refractivity contribution in [3.8, 4) is 0 Å². The highest BCUT2D eigenvalue weighted by Gasteiger charge is 2.04.